The van der Waals surface area contributed by atoms with Gasteiger partial charge in [-0.15, -0.1) is 0 Å². The van der Waals surface area contributed by atoms with Crippen molar-refractivity contribution in [3.63, 3.8) is 0 Å². The summed E-state index contributed by atoms with van der Waals surface area (Å²) < 4.78 is 0. The van der Waals surface area contributed by atoms with Crippen LogP contribution in [0.4, 0.5) is 0 Å². The molecule has 0 heterocycles. The molecule has 1 aliphatic carbocycles. The van der Waals surface area contributed by atoms with Gasteiger partial charge >= 0.3 is 0 Å². The van der Waals surface area contributed by atoms with Crippen molar-refractivity contribution < 1.29 is 20.4 Å². The third-order valence-corrected chi connectivity index (χ3v) is 3.68. The lowest BCUT2D eigenvalue weighted by molar-refractivity contribution is -0.0755. The monoisotopic (exact) mass is 267 g/mol. The first-order valence-electron chi connectivity index (χ1n) is 6.59. The standard InChI is InChI=1S/C14H21NO4/c16-8-13(18)14(19)12(17)7-15-11-6-5-9-3-1-2-4-10(9)11/h1-4,11-19H,5-8H2/t11-,12+,13+,14-/m0/s1. The number of nitrogens with one attached hydrogen (secondary N) is 1. The lowest BCUT2D eigenvalue weighted by Crippen LogP contribution is -2.45. The lowest BCUT2D eigenvalue weighted by atomic mass is 10.1. The third-order valence-electron chi connectivity index (χ3n) is 3.68. The minimum Gasteiger partial charge on any atom is -0.394 e. The van der Waals surface area contributed by atoms with Gasteiger partial charge in [-0.2, -0.15) is 0 Å². The molecule has 5 N–H and O–H groups in total. The zero-order chi connectivity index (χ0) is 13.8. The zero-order valence-corrected chi connectivity index (χ0v) is 10.7. The highest BCUT2D eigenvalue weighted by Crippen LogP contribution is 2.30. The molecule has 4 atom stereocenters. The summed E-state index contributed by atoms with van der Waals surface area (Å²) in [5.41, 5.74) is 2.54. The molecule has 0 unspecified atom stereocenters. The highest BCUT2D eigenvalue weighted by Gasteiger charge is 2.26. The van der Waals surface area contributed by atoms with Crippen molar-refractivity contribution in [2.24, 2.45) is 0 Å². The van der Waals surface area contributed by atoms with Crippen LogP contribution in [-0.2, 0) is 6.42 Å². The maximum absolute atomic E-state index is 9.74. The van der Waals surface area contributed by atoms with Gasteiger partial charge in [0.1, 0.15) is 12.2 Å². The van der Waals surface area contributed by atoms with Gasteiger partial charge in [0.05, 0.1) is 12.7 Å². The van der Waals surface area contributed by atoms with E-state index in [2.05, 4.69) is 17.4 Å². The molecular formula is C14H21NO4. The molecule has 0 saturated heterocycles. The summed E-state index contributed by atoms with van der Waals surface area (Å²) in [5, 5.41) is 40.5. The Morgan fingerprint density at radius 1 is 1.16 bits per heavy atom. The fourth-order valence-electron chi connectivity index (χ4n) is 2.52. The van der Waals surface area contributed by atoms with E-state index in [0.29, 0.717) is 0 Å². The first-order valence-corrected chi connectivity index (χ1v) is 6.59. The van der Waals surface area contributed by atoms with Crippen molar-refractivity contribution in [2.75, 3.05) is 13.2 Å². The Labute approximate surface area is 112 Å². The predicted octanol–water partition coefficient (Wildman–Crippen LogP) is -0.661. The van der Waals surface area contributed by atoms with Crippen molar-refractivity contribution in [2.45, 2.75) is 37.2 Å². The van der Waals surface area contributed by atoms with E-state index in [1.807, 2.05) is 12.1 Å². The smallest absolute Gasteiger partial charge is 0.109 e. The van der Waals surface area contributed by atoms with Gasteiger partial charge in [0.2, 0.25) is 0 Å². The average molecular weight is 267 g/mol. The molecule has 0 fully saturated rings. The number of hydrogen-bond donors (Lipinski definition) is 5. The molecule has 0 aliphatic heterocycles. The third kappa shape index (κ3) is 3.32. The Morgan fingerprint density at radius 2 is 1.89 bits per heavy atom. The predicted molar refractivity (Wildman–Crippen MR) is 70.6 cm³/mol. The van der Waals surface area contributed by atoms with Crippen LogP contribution in [0.3, 0.4) is 0 Å². The van der Waals surface area contributed by atoms with E-state index in [1.54, 1.807) is 0 Å². The van der Waals surface area contributed by atoms with Crippen LogP contribution in [0, 0.1) is 0 Å². The highest BCUT2D eigenvalue weighted by atomic mass is 16.4. The van der Waals surface area contributed by atoms with Crippen molar-refractivity contribution in [3.8, 4) is 0 Å². The molecule has 106 valence electrons. The Morgan fingerprint density at radius 3 is 2.63 bits per heavy atom. The highest BCUT2D eigenvalue weighted by molar-refractivity contribution is 5.34. The van der Waals surface area contributed by atoms with Crippen LogP contribution in [0.1, 0.15) is 23.6 Å². The molecule has 0 saturated carbocycles. The second kappa shape index (κ2) is 6.45. The number of aliphatic hydroxyl groups excluding tert-OH is 4. The van der Waals surface area contributed by atoms with Gasteiger partial charge in [0.25, 0.3) is 0 Å². The molecule has 0 bridgehead atoms. The molecule has 1 aliphatic rings. The molecule has 1 aromatic rings. The first kappa shape index (κ1) is 14.4. The number of aliphatic hydroxyl groups is 4. The lowest BCUT2D eigenvalue weighted by Gasteiger charge is -2.23. The van der Waals surface area contributed by atoms with Crippen molar-refractivity contribution in [1.82, 2.24) is 5.32 Å². The van der Waals surface area contributed by atoms with Gasteiger partial charge in [-0.1, -0.05) is 24.3 Å². The van der Waals surface area contributed by atoms with Crippen molar-refractivity contribution >= 4 is 0 Å². The minimum atomic E-state index is -1.34. The van der Waals surface area contributed by atoms with Gasteiger partial charge in [-0.25, -0.2) is 0 Å². The van der Waals surface area contributed by atoms with Crippen LogP contribution in [0.2, 0.25) is 0 Å². The van der Waals surface area contributed by atoms with Crippen LogP contribution in [-0.4, -0.2) is 51.9 Å². The molecule has 5 heteroatoms. The molecule has 19 heavy (non-hydrogen) atoms. The second-order valence-corrected chi connectivity index (χ2v) is 5.01. The SMILES string of the molecule is OC[C@@H](O)[C@@H](O)[C@H](O)CN[C@H]1CCc2ccccc21. The van der Waals surface area contributed by atoms with Gasteiger partial charge in [-0.05, 0) is 24.0 Å². The van der Waals surface area contributed by atoms with Crippen molar-refractivity contribution in [1.29, 1.82) is 0 Å². The van der Waals surface area contributed by atoms with Gasteiger partial charge in [0.15, 0.2) is 0 Å². The van der Waals surface area contributed by atoms with Crippen LogP contribution in [0.5, 0.6) is 0 Å². The normalized spacial score (nSPS) is 22.8. The first-order chi connectivity index (χ1) is 9.13. The fourth-order valence-corrected chi connectivity index (χ4v) is 2.52. The summed E-state index contributed by atoms with van der Waals surface area (Å²) in [5.74, 6) is 0. The molecule has 0 amide bonds. The molecule has 0 aromatic heterocycles. The Bertz CT molecular complexity index is 412. The number of rotatable bonds is 6. The molecule has 5 nitrogen and oxygen atoms in total. The van der Waals surface area contributed by atoms with Crippen LogP contribution in [0.25, 0.3) is 0 Å². The summed E-state index contributed by atoms with van der Waals surface area (Å²) >= 11 is 0. The summed E-state index contributed by atoms with van der Waals surface area (Å²) in [4.78, 5) is 0. The van der Waals surface area contributed by atoms with E-state index in [4.69, 9.17) is 5.11 Å². The zero-order valence-electron chi connectivity index (χ0n) is 10.7. The Hall–Kier alpha value is -0.980. The summed E-state index contributed by atoms with van der Waals surface area (Å²) in [6, 6.07) is 8.32. The Balaban J connectivity index is 1.87. The number of aryl methyl sites for hydroxylation is 1. The maximum atomic E-state index is 9.74. The molecule has 1 aromatic carbocycles. The number of benzene rings is 1. The van der Waals surface area contributed by atoms with E-state index in [-0.39, 0.29) is 12.6 Å². The molecule has 2 rings (SSSR count). The van der Waals surface area contributed by atoms with E-state index in [0.717, 1.165) is 12.8 Å². The van der Waals surface area contributed by atoms with Crippen LogP contribution >= 0.6 is 0 Å². The van der Waals surface area contributed by atoms with Gasteiger partial charge in [0, 0.05) is 12.6 Å². The van der Waals surface area contributed by atoms with E-state index in [1.165, 1.54) is 11.1 Å². The van der Waals surface area contributed by atoms with Crippen LogP contribution in [0.15, 0.2) is 24.3 Å². The van der Waals surface area contributed by atoms with E-state index < -0.39 is 24.9 Å². The fraction of sp³-hybridized carbons (Fsp3) is 0.571. The van der Waals surface area contributed by atoms with Crippen molar-refractivity contribution in [3.05, 3.63) is 35.4 Å². The van der Waals surface area contributed by atoms with E-state index >= 15 is 0 Å². The number of hydrogen-bond acceptors (Lipinski definition) is 5. The van der Waals surface area contributed by atoms with Gasteiger partial charge in [-0.3, -0.25) is 0 Å². The number of fused-ring (bicyclic) bond motifs is 1. The maximum Gasteiger partial charge on any atom is 0.109 e. The molecule has 0 spiro atoms. The minimum absolute atomic E-state index is 0.171. The largest absolute Gasteiger partial charge is 0.394 e. The summed E-state index contributed by atoms with van der Waals surface area (Å²) in [7, 11) is 0. The summed E-state index contributed by atoms with van der Waals surface area (Å²) in [6.45, 7) is -0.387. The quantitative estimate of drug-likeness (QED) is 0.472. The van der Waals surface area contributed by atoms with Crippen LogP contribution < -0.4 is 5.32 Å². The average Bonchev–Trinajstić information content (AvgIpc) is 2.86. The molecular weight excluding hydrogens is 246 g/mol. The topological polar surface area (TPSA) is 93.0 Å². The Kier molecular flexibility index (Phi) is 4.90. The van der Waals surface area contributed by atoms with E-state index in [9.17, 15) is 15.3 Å². The van der Waals surface area contributed by atoms with Gasteiger partial charge < -0.3 is 25.7 Å². The summed E-state index contributed by atoms with van der Waals surface area (Å²) in [6.07, 6.45) is -1.78. The molecule has 0 radical (unpaired) electrons. The second-order valence-electron chi connectivity index (χ2n) is 5.01.